The van der Waals surface area contributed by atoms with Gasteiger partial charge in [-0.25, -0.2) is 9.78 Å². The van der Waals surface area contributed by atoms with Crippen LogP contribution >= 0.6 is 11.3 Å². The van der Waals surface area contributed by atoms with Crippen LogP contribution in [0.15, 0.2) is 95.2 Å². The van der Waals surface area contributed by atoms with Crippen molar-refractivity contribution >= 4 is 46.1 Å². The van der Waals surface area contributed by atoms with Crippen LogP contribution in [0.25, 0.3) is 0 Å². The fourth-order valence-corrected chi connectivity index (χ4v) is 14.1. The van der Waals surface area contributed by atoms with Crippen molar-refractivity contribution in [1.29, 1.82) is 0 Å². The van der Waals surface area contributed by atoms with Gasteiger partial charge in [0.05, 0.1) is 23.2 Å². The molecular weight excluding hydrogens is 687 g/mol. The summed E-state index contributed by atoms with van der Waals surface area (Å²) in [6.07, 6.45) is 0.382. The Labute approximate surface area is 301 Å². The van der Waals surface area contributed by atoms with E-state index < -0.39 is 30.5 Å². The maximum absolute atomic E-state index is 13.7. The zero-order valence-electron chi connectivity index (χ0n) is 29.6. The Morgan fingerprint density at radius 1 is 0.960 bits per heavy atom. The molecule has 2 aliphatic rings. The van der Waals surface area contributed by atoms with Gasteiger partial charge >= 0.3 is 5.97 Å². The van der Waals surface area contributed by atoms with Crippen LogP contribution in [0.4, 0.5) is 0 Å². The SMILES string of the molecule is Cc1ccc(S(=O)(=O)O[C@@H]2C[C@@H]3O[C@@H](c4nc(C(=O)OC(C)C)cs4)CC[C@@H]3[C@H]2CO[Si](c2ccccc2)(c2ccccc2)C(C)(C)C)cc1. The van der Waals surface area contributed by atoms with E-state index >= 15 is 0 Å². The number of aromatic nitrogens is 1. The van der Waals surface area contributed by atoms with Crippen LogP contribution in [0, 0.1) is 18.8 Å². The van der Waals surface area contributed by atoms with Crippen molar-refractivity contribution < 1.29 is 31.3 Å². The van der Waals surface area contributed by atoms with Crippen LogP contribution < -0.4 is 10.4 Å². The molecule has 3 aromatic carbocycles. The van der Waals surface area contributed by atoms with E-state index in [4.69, 9.17) is 18.1 Å². The lowest BCUT2D eigenvalue weighted by atomic mass is 9.87. The van der Waals surface area contributed by atoms with Gasteiger partial charge in [0.15, 0.2) is 5.69 Å². The van der Waals surface area contributed by atoms with Crippen LogP contribution in [0.1, 0.15) is 81.0 Å². The molecule has 0 unspecified atom stereocenters. The number of carbonyl (C=O) groups is 1. The first-order chi connectivity index (χ1) is 23.8. The number of rotatable bonds is 11. The fraction of sp³-hybridized carbons (Fsp3) is 0.436. The monoisotopic (exact) mass is 733 g/mol. The van der Waals surface area contributed by atoms with Crippen LogP contribution in [-0.4, -0.2) is 52.6 Å². The summed E-state index contributed by atoms with van der Waals surface area (Å²) in [4.78, 5) is 17.2. The van der Waals surface area contributed by atoms with E-state index in [9.17, 15) is 13.2 Å². The third-order valence-electron chi connectivity index (χ3n) is 9.89. The number of hydrogen-bond acceptors (Lipinski definition) is 9. The van der Waals surface area contributed by atoms with Crippen molar-refractivity contribution in [2.75, 3.05) is 6.61 Å². The summed E-state index contributed by atoms with van der Waals surface area (Å²) in [6, 6.07) is 27.7. The van der Waals surface area contributed by atoms with E-state index in [1.807, 2.05) is 19.1 Å². The molecule has 0 radical (unpaired) electrons. The molecule has 1 saturated heterocycles. The minimum atomic E-state index is -4.07. The largest absolute Gasteiger partial charge is 0.458 e. The van der Waals surface area contributed by atoms with Crippen LogP contribution in [-0.2, 0) is 28.2 Å². The van der Waals surface area contributed by atoms with E-state index in [2.05, 4.69) is 74.3 Å². The molecular formula is C39H47NO7S2Si. The standard InChI is InChI=1S/C39H47NO7S2Si/c1-26(2)45-38(41)33-25-48-37(40-33)34-22-21-31-32(36(23-35(31)46-34)47-49(42,43)28-19-17-27(3)18-20-28)24-44-50(39(4,5)6,29-13-9-7-10-14-29)30-15-11-8-12-16-30/h7-20,25-26,31-32,34-36H,21-24H2,1-6H3/t31-,32-,34-,35+,36-/m1/s1. The first-order valence-electron chi connectivity index (χ1n) is 17.4. The molecule has 2 fully saturated rings. The van der Waals surface area contributed by atoms with E-state index in [1.165, 1.54) is 11.3 Å². The Kier molecular flexibility index (Phi) is 10.8. The van der Waals surface area contributed by atoms with Crippen molar-refractivity contribution in [3.63, 3.8) is 0 Å². The van der Waals surface area contributed by atoms with Crippen molar-refractivity contribution in [2.24, 2.45) is 11.8 Å². The molecule has 1 aliphatic carbocycles. The smallest absolute Gasteiger partial charge is 0.358 e. The lowest BCUT2D eigenvalue weighted by Gasteiger charge is -2.44. The second-order valence-electron chi connectivity index (χ2n) is 14.7. The van der Waals surface area contributed by atoms with Crippen molar-refractivity contribution in [3.05, 3.63) is 107 Å². The molecule has 1 aromatic heterocycles. The van der Waals surface area contributed by atoms with Gasteiger partial charge in [-0.1, -0.05) is 99.1 Å². The molecule has 6 rings (SSSR count). The number of benzene rings is 3. The summed E-state index contributed by atoms with van der Waals surface area (Å²) in [5.74, 6) is -0.684. The molecule has 2 heterocycles. The van der Waals surface area contributed by atoms with E-state index in [0.29, 0.717) is 19.4 Å². The Balaban J connectivity index is 1.32. The van der Waals surface area contributed by atoms with Crippen molar-refractivity contribution in [1.82, 2.24) is 4.98 Å². The molecule has 11 heteroatoms. The van der Waals surface area contributed by atoms with Gasteiger partial charge in [-0.2, -0.15) is 8.42 Å². The molecule has 0 N–H and O–H groups in total. The highest BCUT2D eigenvalue weighted by molar-refractivity contribution is 7.86. The Hall–Kier alpha value is -3.19. The van der Waals surface area contributed by atoms with E-state index in [-0.39, 0.29) is 45.8 Å². The maximum Gasteiger partial charge on any atom is 0.358 e. The Morgan fingerprint density at radius 2 is 1.58 bits per heavy atom. The second kappa shape index (κ2) is 14.8. The van der Waals surface area contributed by atoms with E-state index in [0.717, 1.165) is 27.4 Å². The summed E-state index contributed by atoms with van der Waals surface area (Å²) < 4.78 is 53.1. The molecule has 5 atom stereocenters. The van der Waals surface area contributed by atoms with E-state index in [1.54, 1.807) is 43.5 Å². The summed E-state index contributed by atoms with van der Waals surface area (Å²) in [6.45, 7) is 12.6. The molecule has 0 spiro atoms. The summed E-state index contributed by atoms with van der Waals surface area (Å²) in [5, 5.41) is 4.51. The number of aryl methyl sites for hydroxylation is 1. The predicted octanol–water partition coefficient (Wildman–Crippen LogP) is 7.22. The first kappa shape index (κ1) is 36.6. The highest BCUT2D eigenvalue weighted by Gasteiger charge is 2.54. The Morgan fingerprint density at radius 3 is 2.16 bits per heavy atom. The van der Waals surface area contributed by atoms with Gasteiger partial charge < -0.3 is 13.9 Å². The number of esters is 1. The van der Waals surface area contributed by atoms with Crippen molar-refractivity contribution in [2.45, 2.75) is 95.2 Å². The molecule has 50 heavy (non-hydrogen) atoms. The second-order valence-corrected chi connectivity index (χ2v) is 21.5. The number of nitrogens with zero attached hydrogens (tertiary/aromatic N) is 1. The lowest BCUT2D eigenvalue weighted by Crippen LogP contribution is -2.67. The summed E-state index contributed by atoms with van der Waals surface area (Å²) in [5.41, 5.74) is 1.24. The molecule has 266 valence electrons. The number of ether oxygens (including phenoxy) is 2. The van der Waals surface area contributed by atoms with Gasteiger partial charge in [-0.15, -0.1) is 11.3 Å². The Bertz CT molecular complexity index is 1820. The molecule has 8 nitrogen and oxygen atoms in total. The average molecular weight is 734 g/mol. The third-order valence-corrected chi connectivity index (χ3v) is 17.2. The number of thiazole rings is 1. The third kappa shape index (κ3) is 7.54. The summed E-state index contributed by atoms with van der Waals surface area (Å²) >= 11 is 1.38. The predicted molar refractivity (Wildman–Crippen MR) is 198 cm³/mol. The number of carbonyl (C=O) groups excluding carboxylic acids is 1. The van der Waals surface area contributed by atoms with Gasteiger partial charge in [0.25, 0.3) is 18.4 Å². The minimum Gasteiger partial charge on any atom is -0.458 e. The summed E-state index contributed by atoms with van der Waals surface area (Å²) in [7, 11) is -6.98. The first-order valence-corrected chi connectivity index (χ1v) is 21.5. The number of hydrogen-bond donors (Lipinski definition) is 0. The maximum atomic E-state index is 13.7. The topological polar surface area (TPSA) is 101 Å². The van der Waals surface area contributed by atoms with Gasteiger partial charge in [-0.05, 0) is 67.1 Å². The molecule has 0 bridgehead atoms. The van der Waals surface area contributed by atoms with Gasteiger partial charge in [0.1, 0.15) is 11.1 Å². The van der Waals surface area contributed by atoms with Gasteiger partial charge in [0, 0.05) is 24.3 Å². The van der Waals surface area contributed by atoms with Gasteiger partial charge in [-0.3, -0.25) is 4.18 Å². The van der Waals surface area contributed by atoms with Crippen molar-refractivity contribution in [3.8, 4) is 0 Å². The minimum absolute atomic E-state index is 0.00743. The zero-order chi connectivity index (χ0) is 35.7. The average Bonchev–Trinajstić information content (AvgIpc) is 3.70. The van der Waals surface area contributed by atoms with Crippen LogP contribution in [0.2, 0.25) is 5.04 Å². The molecule has 4 aromatic rings. The van der Waals surface area contributed by atoms with Crippen LogP contribution in [0.3, 0.4) is 0 Å². The highest BCUT2D eigenvalue weighted by Crippen LogP contribution is 2.48. The molecule has 1 aliphatic heterocycles. The van der Waals surface area contributed by atoms with Crippen LogP contribution in [0.5, 0.6) is 0 Å². The van der Waals surface area contributed by atoms with Gasteiger partial charge in [0.2, 0.25) is 0 Å². The normalized spacial score (nSPS) is 22.7. The zero-order valence-corrected chi connectivity index (χ0v) is 32.2. The molecule has 0 amide bonds. The fourth-order valence-electron chi connectivity index (χ4n) is 7.54. The number of fused-ring (bicyclic) bond motifs is 1. The molecule has 1 saturated carbocycles. The lowest BCUT2D eigenvalue weighted by molar-refractivity contribution is -0.0814. The quantitative estimate of drug-likeness (QED) is 0.0905. The highest BCUT2D eigenvalue weighted by atomic mass is 32.2.